The van der Waals surface area contributed by atoms with Gasteiger partial charge in [0.15, 0.2) is 5.96 Å². The van der Waals surface area contributed by atoms with E-state index in [1.807, 2.05) is 35.3 Å². The van der Waals surface area contributed by atoms with Gasteiger partial charge in [0.1, 0.15) is 0 Å². The second kappa shape index (κ2) is 9.15. The summed E-state index contributed by atoms with van der Waals surface area (Å²) in [5.74, 6) is 0.824. The molecule has 0 aliphatic carbocycles. The number of aryl methyl sites for hydroxylation is 1. The van der Waals surface area contributed by atoms with Crippen LogP contribution in [0.25, 0.3) is 5.69 Å². The maximum atomic E-state index is 4.69. The number of guanidine groups is 1. The molecule has 26 heavy (non-hydrogen) atoms. The van der Waals surface area contributed by atoms with Gasteiger partial charge in [0.2, 0.25) is 0 Å². The Morgan fingerprint density at radius 1 is 1.27 bits per heavy atom. The molecule has 0 amide bonds. The minimum absolute atomic E-state index is 0.612. The standard InChI is InChI=1S/C19H24N6S/c1-3-20-19(21-10-8-18-22-13-15(2)26-18)23-14-16-6-4-7-17(12-16)25-11-5-9-24-25/h4-7,9,11-13H,3,8,10,14H2,1-2H3,(H2,20,21,23). The number of aliphatic imine (C=N–C) groups is 1. The van der Waals surface area contributed by atoms with Crippen LogP contribution in [-0.4, -0.2) is 33.8 Å². The van der Waals surface area contributed by atoms with Crippen LogP contribution in [0.4, 0.5) is 0 Å². The van der Waals surface area contributed by atoms with Crippen molar-refractivity contribution in [2.24, 2.45) is 4.99 Å². The van der Waals surface area contributed by atoms with Crippen molar-refractivity contribution in [2.45, 2.75) is 26.8 Å². The zero-order valence-corrected chi connectivity index (χ0v) is 16.0. The molecule has 2 aromatic heterocycles. The van der Waals surface area contributed by atoms with Gasteiger partial charge in [-0.15, -0.1) is 11.3 Å². The van der Waals surface area contributed by atoms with Crippen molar-refractivity contribution >= 4 is 17.3 Å². The summed E-state index contributed by atoms with van der Waals surface area (Å²) in [6.45, 7) is 6.40. The third-order valence-corrected chi connectivity index (χ3v) is 4.72. The molecule has 136 valence electrons. The van der Waals surface area contributed by atoms with E-state index in [4.69, 9.17) is 4.99 Å². The number of nitrogens with one attached hydrogen (secondary N) is 2. The van der Waals surface area contributed by atoms with E-state index in [0.717, 1.165) is 41.7 Å². The van der Waals surface area contributed by atoms with Gasteiger partial charge in [-0.2, -0.15) is 5.10 Å². The first-order chi connectivity index (χ1) is 12.7. The van der Waals surface area contributed by atoms with E-state index in [0.29, 0.717) is 6.54 Å². The summed E-state index contributed by atoms with van der Waals surface area (Å²) < 4.78 is 1.85. The van der Waals surface area contributed by atoms with Crippen LogP contribution >= 0.6 is 11.3 Å². The summed E-state index contributed by atoms with van der Waals surface area (Å²) >= 11 is 1.74. The summed E-state index contributed by atoms with van der Waals surface area (Å²) in [7, 11) is 0. The summed E-state index contributed by atoms with van der Waals surface area (Å²) in [6, 6.07) is 10.2. The molecule has 0 unspecified atom stereocenters. The van der Waals surface area contributed by atoms with Crippen molar-refractivity contribution in [2.75, 3.05) is 13.1 Å². The number of benzene rings is 1. The minimum atomic E-state index is 0.612. The highest BCUT2D eigenvalue weighted by molar-refractivity contribution is 7.11. The van der Waals surface area contributed by atoms with E-state index in [2.05, 4.69) is 46.7 Å². The van der Waals surface area contributed by atoms with Crippen LogP contribution in [-0.2, 0) is 13.0 Å². The first-order valence-electron chi connectivity index (χ1n) is 8.77. The largest absolute Gasteiger partial charge is 0.357 e. The second-order valence-corrected chi connectivity index (χ2v) is 7.18. The van der Waals surface area contributed by atoms with Crippen molar-refractivity contribution in [3.8, 4) is 5.69 Å². The number of nitrogens with zero attached hydrogens (tertiary/aromatic N) is 4. The van der Waals surface area contributed by atoms with Gasteiger partial charge in [-0.25, -0.2) is 14.7 Å². The van der Waals surface area contributed by atoms with Gasteiger partial charge in [-0.05, 0) is 37.6 Å². The lowest BCUT2D eigenvalue weighted by Gasteiger charge is -2.11. The minimum Gasteiger partial charge on any atom is -0.357 e. The summed E-state index contributed by atoms with van der Waals surface area (Å²) in [4.78, 5) is 10.3. The predicted octanol–water partition coefficient (Wildman–Crippen LogP) is 2.94. The number of thiazole rings is 1. The van der Waals surface area contributed by atoms with Gasteiger partial charge in [0.05, 0.1) is 17.2 Å². The Bertz CT molecular complexity index is 837. The molecule has 0 aliphatic heterocycles. The van der Waals surface area contributed by atoms with E-state index in [1.165, 1.54) is 4.88 Å². The predicted molar refractivity (Wildman–Crippen MR) is 107 cm³/mol. The van der Waals surface area contributed by atoms with Gasteiger partial charge in [0, 0.05) is 43.0 Å². The first-order valence-corrected chi connectivity index (χ1v) is 9.58. The average Bonchev–Trinajstić information content (AvgIpc) is 3.32. The summed E-state index contributed by atoms with van der Waals surface area (Å²) in [6.07, 6.45) is 6.54. The smallest absolute Gasteiger partial charge is 0.191 e. The van der Waals surface area contributed by atoms with Gasteiger partial charge < -0.3 is 10.6 Å². The second-order valence-electron chi connectivity index (χ2n) is 5.86. The van der Waals surface area contributed by atoms with Crippen molar-refractivity contribution in [3.63, 3.8) is 0 Å². The average molecular weight is 369 g/mol. The molecular formula is C19H24N6S. The zero-order chi connectivity index (χ0) is 18.2. The molecule has 3 rings (SSSR count). The maximum Gasteiger partial charge on any atom is 0.191 e. The van der Waals surface area contributed by atoms with Crippen LogP contribution in [0.3, 0.4) is 0 Å². The van der Waals surface area contributed by atoms with Crippen LogP contribution in [0.1, 0.15) is 22.4 Å². The van der Waals surface area contributed by atoms with Crippen molar-refractivity contribution in [1.82, 2.24) is 25.4 Å². The number of hydrogen-bond donors (Lipinski definition) is 2. The van der Waals surface area contributed by atoms with Gasteiger partial charge in [0.25, 0.3) is 0 Å². The van der Waals surface area contributed by atoms with E-state index < -0.39 is 0 Å². The fraction of sp³-hybridized carbons (Fsp3) is 0.316. The third kappa shape index (κ3) is 5.16. The molecule has 0 atom stereocenters. The van der Waals surface area contributed by atoms with E-state index >= 15 is 0 Å². The molecule has 1 aromatic carbocycles. The van der Waals surface area contributed by atoms with E-state index in [9.17, 15) is 0 Å². The lowest BCUT2D eigenvalue weighted by atomic mass is 10.2. The van der Waals surface area contributed by atoms with Gasteiger partial charge >= 0.3 is 0 Å². The van der Waals surface area contributed by atoms with Crippen molar-refractivity contribution < 1.29 is 0 Å². The highest BCUT2D eigenvalue weighted by Crippen LogP contribution is 2.11. The molecule has 6 nitrogen and oxygen atoms in total. The molecule has 0 saturated heterocycles. The Kier molecular flexibility index (Phi) is 6.38. The van der Waals surface area contributed by atoms with Crippen LogP contribution in [0.15, 0.2) is 53.9 Å². The monoisotopic (exact) mass is 368 g/mol. The topological polar surface area (TPSA) is 67.1 Å². The number of hydrogen-bond acceptors (Lipinski definition) is 4. The van der Waals surface area contributed by atoms with E-state index in [1.54, 1.807) is 17.5 Å². The fourth-order valence-corrected chi connectivity index (χ4v) is 3.32. The molecule has 0 fully saturated rings. The normalized spacial score (nSPS) is 11.5. The molecule has 2 N–H and O–H groups in total. The first kappa shape index (κ1) is 18.1. The molecule has 0 bridgehead atoms. The Hall–Kier alpha value is -2.67. The van der Waals surface area contributed by atoms with Gasteiger partial charge in [-0.1, -0.05) is 12.1 Å². The highest BCUT2D eigenvalue weighted by atomic mass is 32.1. The lowest BCUT2D eigenvalue weighted by molar-refractivity contribution is 0.796. The molecule has 0 saturated carbocycles. The highest BCUT2D eigenvalue weighted by Gasteiger charge is 2.02. The van der Waals surface area contributed by atoms with Crippen molar-refractivity contribution in [1.29, 1.82) is 0 Å². The molecule has 0 aliphatic rings. The fourth-order valence-electron chi connectivity index (χ4n) is 2.54. The Balaban J connectivity index is 1.59. The number of aromatic nitrogens is 3. The number of rotatable bonds is 7. The molecule has 0 spiro atoms. The van der Waals surface area contributed by atoms with E-state index in [-0.39, 0.29) is 0 Å². The zero-order valence-electron chi connectivity index (χ0n) is 15.1. The third-order valence-electron chi connectivity index (χ3n) is 3.74. The molecular weight excluding hydrogens is 344 g/mol. The lowest BCUT2D eigenvalue weighted by Crippen LogP contribution is -2.38. The molecule has 0 radical (unpaired) electrons. The molecule has 3 aromatic rings. The van der Waals surface area contributed by atoms with Crippen LogP contribution in [0.5, 0.6) is 0 Å². The van der Waals surface area contributed by atoms with Crippen LogP contribution in [0.2, 0.25) is 0 Å². The Morgan fingerprint density at radius 3 is 2.92 bits per heavy atom. The van der Waals surface area contributed by atoms with Crippen LogP contribution < -0.4 is 10.6 Å². The summed E-state index contributed by atoms with van der Waals surface area (Å²) in [5, 5.41) is 12.1. The summed E-state index contributed by atoms with van der Waals surface area (Å²) in [5.41, 5.74) is 2.19. The quantitative estimate of drug-likeness (QED) is 0.497. The SMILES string of the molecule is CCNC(=NCc1cccc(-n2cccn2)c1)NCCc1ncc(C)s1. The van der Waals surface area contributed by atoms with Gasteiger partial charge in [-0.3, -0.25) is 0 Å². The van der Waals surface area contributed by atoms with Crippen molar-refractivity contribution in [3.05, 3.63) is 64.4 Å². The maximum absolute atomic E-state index is 4.69. The molecule has 7 heteroatoms. The van der Waals surface area contributed by atoms with Crippen LogP contribution in [0, 0.1) is 6.92 Å². The Morgan fingerprint density at radius 2 is 2.19 bits per heavy atom. The molecule has 2 heterocycles. The Labute approximate surface area is 158 Å².